The molecule has 86 valence electrons. The highest BCUT2D eigenvalue weighted by Crippen LogP contribution is 2.27. The molecule has 0 N–H and O–H groups in total. The van der Waals surface area contributed by atoms with Gasteiger partial charge in [0.25, 0.3) is 0 Å². The lowest BCUT2D eigenvalue weighted by Crippen LogP contribution is -2.13. The minimum absolute atomic E-state index is 0.0341. The van der Waals surface area contributed by atoms with Gasteiger partial charge in [0.2, 0.25) is 0 Å². The molecule has 0 bridgehead atoms. The van der Waals surface area contributed by atoms with E-state index in [0.29, 0.717) is 5.69 Å². The molecule has 0 unspecified atom stereocenters. The molecule has 2 aromatic heterocycles. The van der Waals surface area contributed by atoms with Crippen LogP contribution in [0, 0.1) is 0 Å². The molecule has 0 aromatic carbocycles. The standard InChI is InChI=1S/C11H14N2O2S/c1-11(2,3)8-6-16-10-12-7(5-13(8)10)9(14)15-4/h5-6H,1-4H3. The van der Waals surface area contributed by atoms with E-state index in [4.69, 9.17) is 0 Å². The van der Waals surface area contributed by atoms with Gasteiger partial charge in [-0.05, 0) is 0 Å². The van der Waals surface area contributed by atoms with Crippen molar-refractivity contribution in [1.29, 1.82) is 0 Å². The van der Waals surface area contributed by atoms with E-state index in [1.54, 1.807) is 6.20 Å². The van der Waals surface area contributed by atoms with Gasteiger partial charge in [-0.15, -0.1) is 11.3 Å². The Labute approximate surface area is 97.9 Å². The highest BCUT2D eigenvalue weighted by molar-refractivity contribution is 7.15. The highest BCUT2D eigenvalue weighted by atomic mass is 32.1. The van der Waals surface area contributed by atoms with E-state index in [9.17, 15) is 4.79 Å². The van der Waals surface area contributed by atoms with Crippen molar-refractivity contribution in [3.8, 4) is 0 Å². The van der Waals surface area contributed by atoms with E-state index in [0.717, 1.165) is 10.7 Å². The summed E-state index contributed by atoms with van der Waals surface area (Å²) in [5.41, 5.74) is 1.54. The summed E-state index contributed by atoms with van der Waals surface area (Å²) in [5, 5.41) is 2.07. The summed E-state index contributed by atoms with van der Waals surface area (Å²) in [6.07, 6.45) is 1.73. The van der Waals surface area contributed by atoms with Gasteiger partial charge in [-0.25, -0.2) is 9.78 Å². The topological polar surface area (TPSA) is 43.6 Å². The molecule has 2 rings (SSSR count). The molecular weight excluding hydrogens is 224 g/mol. The molecule has 0 aliphatic rings. The average Bonchev–Trinajstić information content (AvgIpc) is 2.72. The Kier molecular flexibility index (Phi) is 2.50. The fraction of sp³-hybridized carbons (Fsp3) is 0.455. The zero-order chi connectivity index (χ0) is 11.9. The van der Waals surface area contributed by atoms with Crippen molar-refractivity contribution in [3.63, 3.8) is 0 Å². The molecule has 0 fully saturated rings. The second-order valence-electron chi connectivity index (χ2n) is 4.64. The number of hydrogen-bond donors (Lipinski definition) is 0. The number of ether oxygens (including phenoxy) is 1. The Balaban J connectivity index is 2.56. The number of hydrogen-bond acceptors (Lipinski definition) is 4. The number of thiazole rings is 1. The molecular formula is C11H14N2O2S. The SMILES string of the molecule is COC(=O)c1cn2c(C(C)(C)C)csc2n1. The minimum atomic E-state index is -0.393. The van der Waals surface area contributed by atoms with Crippen LogP contribution in [0.3, 0.4) is 0 Å². The Morgan fingerprint density at radius 3 is 2.75 bits per heavy atom. The molecule has 0 amide bonds. The van der Waals surface area contributed by atoms with Gasteiger partial charge in [-0.2, -0.15) is 0 Å². The molecule has 5 heteroatoms. The number of esters is 1. The van der Waals surface area contributed by atoms with Crippen molar-refractivity contribution >= 4 is 22.3 Å². The van der Waals surface area contributed by atoms with Crippen molar-refractivity contribution in [2.75, 3.05) is 7.11 Å². The molecule has 2 aromatic rings. The molecule has 0 saturated heterocycles. The molecule has 2 heterocycles. The maximum absolute atomic E-state index is 11.3. The number of aromatic nitrogens is 2. The van der Waals surface area contributed by atoms with Crippen LogP contribution in [0.5, 0.6) is 0 Å². The number of methoxy groups -OCH3 is 1. The third-order valence-corrected chi connectivity index (χ3v) is 3.21. The van der Waals surface area contributed by atoms with Crippen molar-refractivity contribution < 1.29 is 9.53 Å². The van der Waals surface area contributed by atoms with Gasteiger partial charge in [0, 0.05) is 22.7 Å². The summed E-state index contributed by atoms with van der Waals surface area (Å²) < 4.78 is 6.61. The third-order valence-electron chi connectivity index (χ3n) is 2.37. The molecule has 0 aliphatic heterocycles. The molecule has 0 atom stereocenters. The average molecular weight is 238 g/mol. The van der Waals surface area contributed by atoms with E-state index in [1.807, 2.05) is 4.40 Å². The summed E-state index contributed by atoms with van der Waals surface area (Å²) in [6.45, 7) is 6.39. The second kappa shape index (κ2) is 3.59. The first kappa shape index (κ1) is 11.1. The first-order valence-electron chi connectivity index (χ1n) is 4.99. The maximum Gasteiger partial charge on any atom is 0.358 e. The van der Waals surface area contributed by atoms with Crippen molar-refractivity contribution in [2.45, 2.75) is 26.2 Å². The van der Waals surface area contributed by atoms with E-state index < -0.39 is 5.97 Å². The molecule has 0 spiro atoms. The van der Waals surface area contributed by atoms with Crippen LogP contribution in [0.1, 0.15) is 37.0 Å². The first-order chi connectivity index (χ1) is 7.43. The predicted molar refractivity (Wildman–Crippen MR) is 63.1 cm³/mol. The molecule has 0 aliphatic carbocycles. The Hall–Kier alpha value is -1.36. The van der Waals surface area contributed by atoms with E-state index >= 15 is 0 Å². The Morgan fingerprint density at radius 2 is 2.19 bits per heavy atom. The number of fused-ring (bicyclic) bond motifs is 1. The van der Waals surface area contributed by atoms with Crippen LogP contribution in [0.2, 0.25) is 0 Å². The smallest absolute Gasteiger partial charge is 0.358 e. The first-order valence-corrected chi connectivity index (χ1v) is 5.87. The fourth-order valence-electron chi connectivity index (χ4n) is 1.53. The van der Waals surface area contributed by atoms with Crippen LogP contribution in [-0.4, -0.2) is 22.5 Å². The number of nitrogens with zero attached hydrogens (tertiary/aromatic N) is 2. The van der Waals surface area contributed by atoms with Gasteiger partial charge in [0.15, 0.2) is 10.7 Å². The van der Waals surface area contributed by atoms with Crippen LogP contribution in [0.15, 0.2) is 11.6 Å². The monoisotopic (exact) mass is 238 g/mol. The van der Waals surface area contributed by atoms with Gasteiger partial charge in [0.1, 0.15) is 0 Å². The quantitative estimate of drug-likeness (QED) is 0.717. The predicted octanol–water partition coefficient (Wildman–Crippen LogP) is 2.48. The molecule has 4 nitrogen and oxygen atoms in total. The largest absolute Gasteiger partial charge is 0.464 e. The second-order valence-corrected chi connectivity index (χ2v) is 5.48. The Morgan fingerprint density at radius 1 is 1.50 bits per heavy atom. The van der Waals surface area contributed by atoms with E-state index in [2.05, 4.69) is 35.9 Å². The van der Waals surface area contributed by atoms with Crippen LogP contribution in [-0.2, 0) is 10.2 Å². The van der Waals surface area contributed by atoms with Crippen LogP contribution < -0.4 is 0 Å². The van der Waals surface area contributed by atoms with E-state index in [-0.39, 0.29) is 5.41 Å². The lowest BCUT2D eigenvalue weighted by Gasteiger charge is -2.16. The number of imidazole rings is 1. The van der Waals surface area contributed by atoms with Gasteiger partial charge in [-0.1, -0.05) is 20.8 Å². The van der Waals surface area contributed by atoms with Gasteiger partial charge < -0.3 is 4.74 Å². The zero-order valence-corrected chi connectivity index (χ0v) is 10.6. The molecule has 16 heavy (non-hydrogen) atoms. The van der Waals surface area contributed by atoms with Gasteiger partial charge in [-0.3, -0.25) is 4.40 Å². The van der Waals surface area contributed by atoms with Crippen molar-refractivity contribution in [1.82, 2.24) is 9.38 Å². The normalized spacial score (nSPS) is 12.0. The zero-order valence-electron chi connectivity index (χ0n) is 9.77. The third kappa shape index (κ3) is 1.71. The lowest BCUT2D eigenvalue weighted by atomic mass is 9.93. The number of carbonyl (C=O) groups is 1. The minimum Gasteiger partial charge on any atom is -0.464 e. The lowest BCUT2D eigenvalue weighted by molar-refractivity contribution is 0.0595. The van der Waals surface area contributed by atoms with Crippen molar-refractivity contribution in [2.24, 2.45) is 0 Å². The summed E-state index contributed by atoms with van der Waals surface area (Å²) in [4.78, 5) is 16.4. The van der Waals surface area contributed by atoms with Gasteiger partial charge >= 0.3 is 5.97 Å². The maximum atomic E-state index is 11.3. The van der Waals surface area contributed by atoms with E-state index in [1.165, 1.54) is 18.4 Å². The highest BCUT2D eigenvalue weighted by Gasteiger charge is 2.21. The van der Waals surface area contributed by atoms with Crippen LogP contribution in [0.25, 0.3) is 4.96 Å². The van der Waals surface area contributed by atoms with Crippen LogP contribution >= 0.6 is 11.3 Å². The summed E-state index contributed by atoms with van der Waals surface area (Å²) in [6, 6.07) is 0. The molecule has 0 radical (unpaired) electrons. The van der Waals surface area contributed by atoms with Crippen LogP contribution in [0.4, 0.5) is 0 Å². The van der Waals surface area contributed by atoms with Crippen molar-refractivity contribution in [3.05, 3.63) is 23.0 Å². The summed E-state index contributed by atoms with van der Waals surface area (Å²) >= 11 is 1.53. The summed E-state index contributed by atoms with van der Waals surface area (Å²) in [7, 11) is 1.36. The Bertz CT molecular complexity index is 534. The number of carbonyl (C=O) groups excluding carboxylic acids is 1. The fourth-order valence-corrected chi connectivity index (χ4v) is 2.63. The van der Waals surface area contributed by atoms with Gasteiger partial charge in [0.05, 0.1) is 7.11 Å². The molecule has 0 saturated carbocycles. The number of rotatable bonds is 1. The summed E-state index contributed by atoms with van der Waals surface area (Å²) in [5.74, 6) is -0.393.